The average molecular weight is 449 g/mol. The fourth-order valence-corrected chi connectivity index (χ4v) is 5.21. The van der Waals surface area contributed by atoms with E-state index in [1.54, 1.807) is 0 Å². The Morgan fingerprint density at radius 2 is 1.64 bits per heavy atom. The first-order chi connectivity index (χ1) is 15.5. The van der Waals surface area contributed by atoms with E-state index in [0.29, 0.717) is 13.0 Å². The van der Waals surface area contributed by atoms with Gasteiger partial charge in [-0.3, -0.25) is 4.79 Å². The third kappa shape index (κ3) is 6.86. The maximum absolute atomic E-state index is 11.8. The summed E-state index contributed by atoms with van der Waals surface area (Å²) in [6, 6.07) is 17.6. The maximum Gasteiger partial charge on any atom is 0.305 e. The standard InChI is InChI=1S/C29H40N2O2/c1-8-33-27(32)15-16-28(3,4)19-29(5,6)20-31(7)25-12-9-22(10-13-25)23-11-14-26-24(18-23)17-21(2)30-26/h9-14,17-18,30H,8,15-16,19-20H2,1-7H3. The zero-order valence-corrected chi connectivity index (χ0v) is 21.4. The van der Waals surface area contributed by atoms with Crippen LogP contribution >= 0.6 is 0 Å². The van der Waals surface area contributed by atoms with Crippen molar-refractivity contribution >= 4 is 22.6 Å². The number of esters is 1. The smallest absolute Gasteiger partial charge is 0.305 e. The number of fused-ring (bicyclic) bond motifs is 1. The Hall–Kier alpha value is -2.75. The van der Waals surface area contributed by atoms with Crippen molar-refractivity contribution in [2.75, 3.05) is 25.1 Å². The molecule has 2 aromatic carbocycles. The summed E-state index contributed by atoms with van der Waals surface area (Å²) in [6.45, 7) is 14.5. The molecule has 0 unspecified atom stereocenters. The molecule has 0 atom stereocenters. The van der Waals surface area contributed by atoms with E-state index < -0.39 is 0 Å². The third-order valence-corrected chi connectivity index (χ3v) is 6.33. The summed E-state index contributed by atoms with van der Waals surface area (Å²) in [5.74, 6) is -0.0913. The lowest BCUT2D eigenvalue weighted by Crippen LogP contribution is -2.35. The minimum absolute atomic E-state index is 0.0795. The molecule has 4 heteroatoms. The molecule has 0 aliphatic heterocycles. The number of aromatic amines is 1. The molecule has 1 N–H and O–H groups in total. The van der Waals surface area contributed by atoms with Gasteiger partial charge in [0.1, 0.15) is 0 Å². The van der Waals surface area contributed by atoms with Gasteiger partial charge in [-0.1, -0.05) is 45.9 Å². The second-order valence-corrected chi connectivity index (χ2v) is 11.0. The minimum atomic E-state index is -0.0913. The number of ether oxygens (including phenoxy) is 1. The lowest BCUT2D eigenvalue weighted by atomic mass is 9.72. The number of nitrogens with one attached hydrogen (secondary N) is 1. The number of benzene rings is 2. The van der Waals surface area contributed by atoms with Gasteiger partial charge in [-0.15, -0.1) is 0 Å². The van der Waals surface area contributed by atoms with Crippen molar-refractivity contribution in [3.63, 3.8) is 0 Å². The first-order valence-electron chi connectivity index (χ1n) is 12.0. The van der Waals surface area contributed by atoms with Gasteiger partial charge in [0, 0.05) is 42.3 Å². The number of nitrogens with zero attached hydrogens (tertiary/aromatic N) is 1. The quantitative estimate of drug-likeness (QED) is 0.329. The highest BCUT2D eigenvalue weighted by atomic mass is 16.5. The monoisotopic (exact) mass is 448 g/mol. The first-order valence-corrected chi connectivity index (χ1v) is 12.0. The van der Waals surface area contributed by atoms with Crippen LogP contribution in [0.1, 0.15) is 59.6 Å². The van der Waals surface area contributed by atoms with Crippen molar-refractivity contribution in [3.8, 4) is 11.1 Å². The number of rotatable bonds is 10. The molecule has 3 rings (SSSR count). The van der Waals surface area contributed by atoms with Gasteiger partial charge in [-0.2, -0.15) is 0 Å². The summed E-state index contributed by atoms with van der Waals surface area (Å²) in [6.07, 6.45) is 2.37. The molecule has 0 spiro atoms. The lowest BCUT2D eigenvalue weighted by Gasteiger charge is -2.38. The fourth-order valence-electron chi connectivity index (χ4n) is 5.21. The van der Waals surface area contributed by atoms with Crippen molar-refractivity contribution in [2.45, 2.75) is 60.8 Å². The molecule has 4 nitrogen and oxygen atoms in total. The van der Waals surface area contributed by atoms with Crippen LogP contribution in [0.15, 0.2) is 48.5 Å². The fraction of sp³-hybridized carbons (Fsp3) is 0.483. The molecular weight excluding hydrogens is 408 g/mol. The highest BCUT2D eigenvalue weighted by Crippen LogP contribution is 2.38. The van der Waals surface area contributed by atoms with Crippen LogP contribution < -0.4 is 4.90 Å². The van der Waals surface area contributed by atoms with E-state index in [1.165, 1.54) is 33.4 Å². The Morgan fingerprint density at radius 3 is 2.30 bits per heavy atom. The first kappa shape index (κ1) is 24.9. The van der Waals surface area contributed by atoms with Crippen LogP contribution in [0.25, 0.3) is 22.0 Å². The second-order valence-electron chi connectivity index (χ2n) is 11.0. The molecular formula is C29H40N2O2. The molecule has 0 aliphatic rings. The van der Waals surface area contributed by atoms with E-state index in [0.717, 1.165) is 19.4 Å². The normalized spacial score (nSPS) is 12.2. The molecule has 3 aromatic rings. The highest BCUT2D eigenvalue weighted by Gasteiger charge is 2.30. The molecule has 33 heavy (non-hydrogen) atoms. The molecule has 0 amide bonds. The molecule has 0 radical (unpaired) electrons. The van der Waals surface area contributed by atoms with Crippen LogP contribution in [0.4, 0.5) is 5.69 Å². The Balaban J connectivity index is 1.62. The van der Waals surface area contributed by atoms with Crippen LogP contribution in [0, 0.1) is 17.8 Å². The summed E-state index contributed by atoms with van der Waals surface area (Å²) in [5, 5.41) is 1.25. The Bertz CT molecular complexity index is 1080. The molecule has 0 saturated carbocycles. The number of aryl methyl sites for hydroxylation is 1. The predicted octanol–water partition coefficient (Wildman–Crippen LogP) is 7.37. The van der Waals surface area contributed by atoms with Crippen LogP contribution in [-0.4, -0.2) is 31.2 Å². The topological polar surface area (TPSA) is 45.3 Å². The van der Waals surface area contributed by atoms with Crippen molar-refractivity contribution in [2.24, 2.45) is 10.8 Å². The Labute approximate surface area is 199 Å². The van der Waals surface area contributed by atoms with Gasteiger partial charge < -0.3 is 14.6 Å². The van der Waals surface area contributed by atoms with Gasteiger partial charge in [0.25, 0.3) is 0 Å². The summed E-state index contributed by atoms with van der Waals surface area (Å²) in [7, 11) is 2.16. The number of carbonyl (C=O) groups is 1. The highest BCUT2D eigenvalue weighted by molar-refractivity contribution is 5.86. The molecule has 0 bridgehead atoms. The van der Waals surface area contributed by atoms with Crippen LogP contribution in [0.3, 0.4) is 0 Å². The van der Waals surface area contributed by atoms with Crippen LogP contribution in [-0.2, 0) is 9.53 Å². The Kier molecular flexibility index (Phi) is 7.56. The zero-order chi connectivity index (χ0) is 24.2. The van der Waals surface area contributed by atoms with Crippen molar-refractivity contribution in [1.29, 1.82) is 0 Å². The predicted molar refractivity (Wildman–Crippen MR) is 140 cm³/mol. The van der Waals surface area contributed by atoms with Crippen LogP contribution in [0.2, 0.25) is 0 Å². The number of hydrogen-bond donors (Lipinski definition) is 1. The summed E-state index contributed by atoms with van der Waals surface area (Å²) in [4.78, 5) is 17.5. The minimum Gasteiger partial charge on any atom is -0.466 e. The molecule has 1 heterocycles. The van der Waals surface area contributed by atoms with Crippen molar-refractivity contribution in [3.05, 3.63) is 54.2 Å². The SMILES string of the molecule is CCOC(=O)CCC(C)(C)CC(C)(C)CN(C)c1ccc(-c2ccc3[nH]c(C)cc3c2)cc1. The van der Waals surface area contributed by atoms with Gasteiger partial charge >= 0.3 is 5.97 Å². The summed E-state index contributed by atoms with van der Waals surface area (Å²) < 4.78 is 5.10. The van der Waals surface area contributed by atoms with E-state index in [2.05, 4.69) is 100 Å². The molecule has 0 aliphatic carbocycles. The van der Waals surface area contributed by atoms with E-state index in [1.807, 2.05) is 6.92 Å². The van der Waals surface area contributed by atoms with Gasteiger partial charge in [-0.25, -0.2) is 0 Å². The van der Waals surface area contributed by atoms with Crippen molar-refractivity contribution < 1.29 is 9.53 Å². The number of H-pyrrole nitrogens is 1. The molecule has 1 aromatic heterocycles. The van der Waals surface area contributed by atoms with E-state index in [4.69, 9.17) is 4.74 Å². The number of carbonyl (C=O) groups excluding carboxylic acids is 1. The second kappa shape index (κ2) is 10.0. The lowest BCUT2D eigenvalue weighted by molar-refractivity contribution is -0.143. The van der Waals surface area contributed by atoms with Gasteiger partial charge in [0.05, 0.1) is 6.61 Å². The summed E-state index contributed by atoms with van der Waals surface area (Å²) >= 11 is 0. The summed E-state index contributed by atoms with van der Waals surface area (Å²) in [5.41, 5.74) is 6.24. The molecule has 0 fully saturated rings. The van der Waals surface area contributed by atoms with Gasteiger partial charge in [0.2, 0.25) is 0 Å². The van der Waals surface area contributed by atoms with Gasteiger partial charge in [0.15, 0.2) is 0 Å². The third-order valence-electron chi connectivity index (χ3n) is 6.33. The number of anilines is 1. The maximum atomic E-state index is 11.8. The van der Waals surface area contributed by atoms with E-state index in [-0.39, 0.29) is 16.8 Å². The number of aromatic nitrogens is 1. The Morgan fingerprint density at radius 1 is 0.970 bits per heavy atom. The zero-order valence-electron chi connectivity index (χ0n) is 21.4. The van der Waals surface area contributed by atoms with E-state index in [9.17, 15) is 4.79 Å². The van der Waals surface area contributed by atoms with Crippen LogP contribution in [0.5, 0.6) is 0 Å². The average Bonchev–Trinajstić information content (AvgIpc) is 3.10. The van der Waals surface area contributed by atoms with Gasteiger partial charge in [-0.05, 0) is 79.0 Å². The van der Waals surface area contributed by atoms with E-state index >= 15 is 0 Å². The number of hydrogen-bond acceptors (Lipinski definition) is 3. The molecule has 0 saturated heterocycles. The van der Waals surface area contributed by atoms with Crippen molar-refractivity contribution in [1.82, 2.24) is 4.98 Å². The molecule has 178 valence electrons. The largest absolute Gasteiger partial charge is 0.466 e.